The van der Waals surface area contributed by atoms with E-state index in [1.165, 1.54) is 5.56 Å². The summed E-state index contributed by atoms with van der Waals surface area (Å²) in [6.07, 6.45) is 5.90. The zero-order valence-electron chi connectivity index (χ0n) is 12.0. The van der Waals surface area contributed by atoms with E-state index in [0.717, 1.165) is 43.5 Å². The second-order valence-corrected chi connectivity index (χ2v) is 6.16. The number of aliphatic hydroxyl groups is 1. The number of likely N-dealkylation sites (tertiary alicyclic amines) is 1. The molecule has 0 radical (unpaired) electrons. The first-order chi connectivity index (χ1) is 9.76. The van der Waals surface area contributed by atoms with Crippen LogP contribution in [-0.4, -0.2) is 41.4 Å². The van der Waals surface area contributed by atoms with Crippen LogP contribution in [-0.2, 0) is 5.75 Å². The molecule has 1 amide bonds. The fourth-order valence-corrected chi connectivity index (χ4v) is 3.37. The Labute approximate surface area is 125 Å². The van der Waals surface area contributed by atoms with Gasteiger partial charge in [0.25, 0.3) is 5.91 Å². The zero-order valence-corrected chi connectivity index (χ0v) is 12.9. The monoisotopic (exact) mass is 293 g/mol. The van der Waals surface area contributed by atoms with Crippen LogP contribution in [0.15, 0.2) is 24.3 Å². The molecular formula is C16H23NO2S. The number of hydrogen-bond donors (Lipinski definition) is 1. The van der Waals surface area contributed by atoms with E-state index in [1.807, 2.05) is 23.1 Å². The normalized spacial score (nSPS) is 18.5. The highest BCUT2D eigenvalue weighted by Gasteiger charge is 2.28. The standard InChI is InChI=1S/C16H23NO2S/c1-20-12-13-5-2-6-14(11-13)16(19)17-9-3-7-15(17)8-4-10-18/h2,5-6,11,15,18H,3-4,7-10,12H2,1H3. The van der Waals surface area contributed by atoms with E-state index in [2.05, 4.69) is 12.3 Å². The van der Waals surface area contributed by atoms with E-state index in [-0.39, 0.29) is 12.5 Å². The third kappa shape index (κ3) is 3.76. The molecule has 1 N–H and O–H groups in total. The van der Waals surface area contributed by atoms with Crippen molar-refractivity contribution in [2.24, 2.45) is 0 Å². The highest BCUT2D eigenvalue weighted by atomic mass is 32.2. The molecule has 1 aromatic carbocycles. The number of carbonyl (C=O) groups is 1. The average Bonchev–Trinajstić information content (AvgIpc) is 2.93. The molecule has 0 bridgehead atoms. The second kappa shape index (κ2) is 7.70. The van der Waals surface area contributed by atoms with Gasteiger partial charge in [0.15, 0.2) is 0 Å². The van der Waals surface area contributed by atoms with E-state index in [1.54, 1.807) is 11.8 Å². The number of thioether (sulfide) groups is 1. The Morgan fingerprint density at radius 2 is 2.35 bits per heavy atom. The van der Waals surface area contributed by atoms with E-state index in [0.29, 0.717) is 6.04 Å². The topological polar surface area (TPSA) is 40.5 Å². The van der Waals surface area contributed by atoms with Crippen LogP contribution in [0, 0.1) is 0 Å². The molecule has 0 saturated carbocycles. The maximum Gasteiger partial charge on any atom is 0.254 e. The number of nitrogens with zero attached hydrogens (tertiary/aromatic N) is 1. The van der Waals surface area contributed by atoms with Gasteiger partial charge in [0, 0.05) is 30.5 Å². The van der Waals surface area contributed by atoms with Gasteiger partial charge in [-0.15, -0.1) is 0 Å². The molecule has 2 rings (SSSR count). The SMILES string of the molecule is CSCc1cccc(C(=O)N2CCCC2CCCO)c1. The Hall–Kier alpha value is -1.00. The van der Waals surface area contributed by atoms with Gasteiger partial charge >= 0.3 is 0 Å². The van der Waals surface area contributed by atoms with Crippen molar-refractivity contribution in [3.05, 3.63) is 35.4 Å². The molecule has 20 heavy (non-hydrogen) atoms. The van der Waals surface area contributed by atoms with Crippen molar-refractivity contribution in [3.8, 4) is 0 Å². The molecule has 1 aliphatic heterocycles. The van der Waals surface area contributed by atoms with Gasteiger partial charge in [-0.1, -0.05) is 12.1 Å². The number of rotatable bonds is 6. The van der Waals surface area contributed by atoms with Crippen LogP contribution < -0.4 is 0 Å². The van der Waals surface area contributed by atoms with Crippen molar-refractivity contribution in [1.29, 1.82) is 0 Å². The Balaban J connectivity index is 2.07. The van der Waals surface area contributed by atoms with Gasteiger partial charge in [-0.05, 0) is 49.6 Å². The highest BCUT2D eigenvalue weighted by Crippen LogP contribution is 2.24. The number of hydrogen-bond acceptors (Lipinski definition) is 3. The lowest BCUT2D eigenvalue weighted by molar-refractivity contribution is 0.0724. The summed E-state index contributed by atoms with van der Waals surface area (Å²) in [5.74, 6) is 1.09. The summed E-state index contributed by atoms with van der Waals surface area (Å²) >= 11 is 1.77. The van der Waals surface area contributed by atoms with Gasteiger partial charge in [0.1, 0.15) is 0 Å². The molecule has 1 saturated heterocycles. The van der Waals surface area contributed by atoms with E-state index in [4.69, 9.17) is 5.11 Å². The van der Waals surface area contributed by atoms with Crippen LogP contribution in [0.3, 0.4) is 0 Å². The van der Waals surface area contributed by atoms with Crippen molar-refractivity contribution in [2.75, 3.05) is 19.4 Å². The average molecular weight is 293 g/mol. The second-order valence-electron chi connectivity index (χ2n) is 5.29. The van der Waals surface area contributed by atoms with Gasteiger partial charge in [-0.3, -0.25) is 4.79 Å². The molecule has 0 spiro atoms. The largest absolute Gasteiger partial charge is 0.396 e. The summed E-state index contributed by atoms with van der Waals surface area (Å²) in [6.45, 7) is 1.06. The quantitative estimate of drug-likeness (QED) is 0.876. The minimum absolute atomic E-state index is 0.147. The highest BCUT2D eigenvalue weighted by molar-refractivity contribution is 7.97. The Bertz CT molecular complexity index is 450. The van der Waals surface area contributed by atoms with Gasteiger partial charge in [-0.2, -0.15) is 11.8 Å². The van der Waals surface area contributed by atoms with Crippen LogP contribution in [0.1, 0.15) is 41.6 Å². The number of aliphatic hydroxyl groups excluding tert-OH is 1. The first-order valence-electron chi connectivity index (χ1n) is 7.26. The van der Waals surface area contributed by atoms with Crippen LogP contribution in [0.4, 0.5) is 0 Å². The first-order valence-corrected chi connectivity index (χ1v) is 8.65. The lowest BCUT2D eigenvalue weighted by atomic mass is 10.1. The zero-order chi connectivity index (χ0) is 14.4. The molecule has 1 unspecified atom stereocenters. The molecule has 0 aliphatic carbocycles. The van der Waals surface area contributed by atoms with Crippen molar-refractivity contribution in [2.45, 2.75) is 37.5 Å². The smallest absolute Gasteiger partial charge is 0.254 e. The molecule has 1 aliphatic rings. The van der Waals surface area contributed by atoms with Crippen molar-refractivity contribution in [1.82, 2.24) is 4.90 Å². The Morgan fingerprint density at radius 3 is 3.10 bits per heavy atom. The van der Waals surface area contributed by atoms with Gasteiger partial charge < -0.3 is 10.0 Å². The van der Waals surface area contributed by atoms with Gasteiger partial charge in [0.05, 0.1) is 0 Å². The van der Waals surface area contributed by atoms with E-state index < -0.39 is 0 Å². The molecule has 4 heteroatoms. The van der Waals surface area contributed by atoms with E-state index in [9.17, 15) is 4.79 Å². The molecule has 1 fully saturated rings. The molecular weight excluding hydrogens is 270 g/mol. The minimum Gasteiger partial charge on any atom is -0.396 e. The predicted molar refractivity (Wildman–Crippen MR) is 84.0 cm³/mol. The number of benzene rings is 1. The number of amides is 1. The van der Waals surface area contributed by atoms with Crippen LogP contribution >= 0.6 is 11.8 Å². The fourth-order valence-electron chi connectivity index (χ4n) is 2.86. The summed E-state index contributed by atoms with van der Waals surface area (Å²) in [4.78, 5) is 14.6. The van der Waals surface area contributed by atoms with Crippen molar-refractivity contribution in [3.63, 3.8) is 0 Å². The lowest BCUT2D eigenvalue weighted by Gasteiger charge is -2.25. The molecule has 1 heterocycles. The van der Waals surface area contributed by atoms with Crippen LogP contribution in [0.25, 0.3) is 0 Å². The summed E-state index contributed by atoms with van der Waals surface area (Å²) in [7, 11) is 0. The first kappa shape index (κ1) is 15.4. The van der Waals surface area contributed by atoms with Crippen LogP contribution in [0.5, 0.6) is 0 Å². The third-order valence-corrected chi connectivity index (χ3v) is 4.44. The maximum atomic E-state index is 12.6. The lowest BCUT2D eigenvalue weighted by Crippen LogP contribution is -2.35. The van der Waals surface area contributed by atoms with E-state index >= 15 is 0 Å². The van der Waals surface area contributed by atoms with Gasteiger partial charge in [-0.25, -0.2) is 0 Å². The summed E-state index contributed by atoms with van der Waals surface area (Å²) in [5.41, 5.74) is 2.00. The molecule has 1 atom stereocenters. The summed E-state index contributed by atoms with van der Waals surface area (Å²) < 4.78 is 0. The maximum absolute atomic E-state index is 12.6. The number of carbonyl (C=O) groups excluding carboxylic acids is 1. The third-order valence-electron chi connectivity index (χ3n) is 3.82. The molecule has 3 nitrogen and oxygen atoms in total. The minimum atomic E-state index is 0.147. The van der Waals surface area contributed by atoms with Crippen molar-refractivity contribution >= 4 is 17.7 Å². The molecule has 110 valence electrons. The Morgan fingerprint density at radius 1 is 1.50 bits per heavy atom. The predicted octanol–water partition coefficient (Wildman–Crippen LogP) is 2.93. The molecule has 0 aromatic heterocycles. The molecule has 1 aromatic rings. The van der Waals surface area contributed by atoms with Crippen LogP contribution in [0.2, 0.25) is 0 Å². The van der Waals surface area contributed by atoms with Crippen molar-refractivity contribution < 1.29 is 9.90 Å². The summed E-state index contributed by atoms with van der Waals surface area (Å²) in [5, 5.41) is 8.96. The Kier molecular flexibility index (Phi) is 5.92. The fraction of sp³-hybridized carbons (Fsp3) is 0.562. The summed E-state index contributed by atoms with van der Waals surface area (Å²) in [6, 6.07) is 8.27. The van der Waals surface area contributed by atoms with Gasteiger partial charge in [0.2, 0.25) is 0 Å².